The Morgan fingerprint density at radius 2 is 1.75 bits per heavy atom. The molecule has 1 saturated carbocycles. The number of allylic oxidation sites excluding steroid dienone is 1. The summed E-state index contributed by atoms with van der Waals surface area (Å²) < 4.78 is 17.4. The second kappa shape index (κ2) is 9.39. The molecule has 0 amide bonds. The van der Waals surface area contributed by atoms with E-state index in [4.69, 9.17) is 19.3 Å². The van der Waals surface area contributed by atoms with Crippen LogP contribution in [0.4, 0.5) is 0 Å². The zero-order valence-electron chi connectivity index (χ0n) is 18.3. The second-order valence-electron chi connectivity index (χ2n) is 9.14. The molecule has 5 rings (SSSR count). The normalized spacial score (nSPS) is 30.9. The maximum atomic E-state index is 13.4. The van der Waals surface area contributed by atoms with Crippen molar-refractivity contribution in [3.63, 3.8) is 0 Å². The van der Waals surface area contributed by atoms with Crippen molar-refractivity contribution in [2.75, 3.05) is 59.1 Å². The number of carbonyl (C=O) groups is 1. The summed E-state index contributed by atoms with van der Waals surface area (Å²) >= 11 is 0. The van der Waals surface area contributed by atoms with Gasteiger partial charge in [0.05, 0.1) is 30.5 Å². The molecule has 0 aromatic heterocycles. The van der Waals surface area contributed by atoms with Gasteiger partial charge >= 0.3 is 0 Å². The van der Waals surface area contributed by atoms with Crippen LogP contribution in [0, 0.1) is 11.8 Å². The van der Waals surface area contributed by atoms with Crippen molar-refractivity contribution in [3.8, 4) is 11.5 Å². The zero-order chi connectivity index (χ0) is 22.1. The molecular formula is C24H32N2O6. The molecule has 0 spiro atoms. The van der Waals surface area contributed by atoms with Crippen LogP contribution in [0.2, 0.25) is 0 Å². The molecule has 8 nitrogen and oxygen atoms in total. The monoisotopic (exact) mass is 444 g/mol. The standard InChI is InChI=1S/C24H32N2O6/c27-10-9-25-5-7-26(8-6-25)14-18-20(28)3-2-17-23(29)19(15-32-24(17)18)16-1-4-21-22(13-16)31-12-11-30-21/h1,4,13,15,17-18,20,24,27-28H,2-3,5-12,14H2. The largest absolute Gasteiger partial charge is 0.496 e. The number of Topliss-reactive ketones (excluding diaryl/α,β-unsaturated/α-hetero) is 1. The number of carbonyl (C=O) groups excluding carboxylic acids is 1. The predicted molar refractivity (Wildman–Crippen MR) is 117 cm³/mol. The molecule has 174 valence electrons. The Balaban J connectivity index is 1.30. The van der Waals surface area contributed by atoms with Crippen molar-refractivity contribution in [1.82, 2.24) is 9.80 Å². The highest BCUT2D eigenvalue weighted by molar-refractivity contribution is 6.22. The molecule has 1 aromatic rings. The molecule has 4 atom stereocenters. The van der Waals surface area contributed by atoms with E-state index in [2.05, 4.69) is 9.80 Å². The maximum absolute atomic E-state index is 13.4. The van der Waals surface area contributed by atoms with Crippen LogP contribution < -0.4 is 9.47 Å². The van der Waals surface area contributed by atoms with Gasteiger partial charge in [-0.25, -0.2) is 0 Å². The Bertz CT molecular complexity index is 866. The molecule has 2 N–H and O–H groups in total. The fraction of sp³-hybridized carbons (Fsp3) is 0.625. The van der Waals surface area contributed by atoms with Crippen LogP contribution >= 0.6 is 0 Å². The highest BCUT2D eigenvalue weighted by Crippen LogP contribution is 2.41. The van der Waals surface area contributed by atoms with Crippen LogP contribution in [0.1, 0.15) is 18.4 Å². The van der Waals surface area contributed by atoms with Crippen LogP contribution in [-0.4, -0.2) is 97.1 Å². The van der Waals surface area contributed by atoms with E-state index in [0.29, 0.717) is 49.7 Å². The lowest BCUT2D eigenvalue weighted by atomic mass is 9.72. The lowest BCUT2D eigenvalue weighted by molar-refractivity contribution is -0.134. The van der Waals surface area contributed by atoms with Crippen LogP contribution in [0.25, 0.3) is 5.57 Å². The molecule has 4 aliphatic rings. The SMILES string of the molecule is O=C1C(c2ccc3c(c2)OCCO3)=COC2C1CCC(O)C2CN1CCN(CCO)CC1. The van der Waals surface area contributed by atoms with Crippen LogP contribution in [0.3, 0.4) is 0 Å². The number of fused-ring (bicyclic) bond motifs is 2. The maximum Gasteiger partial charge on any atom is 0.173 e. The Morgan fingerprint density at radius 1 is 1.00 bits per heavy atom. The highest BCUT2D eigenvalue weighted by atomic mass is 16.6. The van der Waals surface area contributed by atoms with Crippen molar-refractivity contribution in [2.45, 2.75) is 25.0 Å². The first-order valence-electron chi connectivity index (χ1n) is 11.7. The zero-order valence-corrected chi connectivity index (χ0v) is 18.3. The number of ether oxygens (including phenoxy) is 3. The lowest BCUT2D eigenvalue weighted by Gasteiger charge is -2.45. The minimum absolute atomic E-state index is 0.0857. The van der Waals surface area contributed by atoms with Crippen molar-refractivity contribution in [2.24, 2.45) is 11.8 Å². The van der Waals surface area contributed by atoms with Crippen LogP contribution in [-0.2, 0) is 9.53 Å². The third-order valence-electron chi connectivity index (χ3n) is 7.23. The number of rotatable bonds is 5. The number of hydrogen-bond acceptors (Lipinski definition) is 8. The fourth-order valence-electron chi connectivity index (χ4n) is 5.41. The highest BCUT2D eigenvalue weighted by Gasteiger charge is 2.46. The van der Waals surface area contributed by atoms with Gasteiger partial charge < -0.3 is 29.3 Å². The molecule has 1 aliphatic carbocycles. The summed E-state index contributed by atoms with van der Waals surface area (Å²) in [7, 11) is 0. The van der Waals surface area contributed by atoms with Gasteiger partial charge in [0.15, 0.2) is 17.3 Å². The minimum atomic E-state index is -0.469. The summed E-state index contributed by atoms with van der Waals surface area (Å²) in [5.74, 6) is 1.10. The van der Waals surface area contributed by atoms with Gasteiger partial charge in [-0.3, -0.25) is 9.69 Å². The molecule has 4 unspecified atom stereocenters. The Morgan fingerprint density at radius 3 is 2.53 bits per heavy atom. The smallest absolute Gasteiger partial charge is 0.173 e. The number of β-amino-alcohol motifs (C(OH)–C–C–N with tert-alkyl or cyclic N) is 1. The number of aliphatic hydroxyl groups excluding tert-OH is 2. The number of benzene rings is 1. The molecule has 1 aromatic carbocycles. The van der Waals surface area contributed by atoms with E-state index in [1.165, 1.54) is 0 Å². The first kappa shape index (κ1) is 21.7. The second-order valence-corrected chi connectivity index (χ2v) is 9.14. The van der Waals surface area contributed by atoms with Gasteiger partial charge in [-0.05, 0) is 30.5 Å². The van der Waals surface area contributed by atoms with Gasteiger partial charge in [0.1, 0.15) is 19.3 Å². The third-order valence-corrected chi connectivity index (χ3v) is 7.23. The van der Waals surface area contributed by atoms with Crippen molar-refractivity contribution in [1.29, 1.82) is 0 Å². The van der Waals surface area contributed by atoms with E-state index in [1.807, 2.05) is 18.2 Å². The Hall–Kier alpha value is -2.13. The van der Waals surface area contributed by atoms with Gasteiger partial charge in [0.25, 0.3) is 0 Å². The first-order valence-corrected chi connectivity index (χ1v) is 11.7. The molecule has 1 saturated heterocycles. The number of ketones is 1. The summed E-state index contributed by atoms with van der Waals surface area (Å²) in [6.45, 7) is 6.24. The number of nitrogens with zero attached hydrogens (tertiary/aromatic N) is 2. The van der Waals surface area contributed by atoms with E-state index in [-0.39, 0.29) is 30.3 Å². The molecule has 32 heavy (non-hydrogen) atoms. The van der Waals surface area contributed by atoms with E-state index >= 15 is 0 Å². The molecule has 2 fully saturated rings. The molecule has 3 aliphatic heterocycles. The average Bonchev–Trinajstić information content (AvgIpc) is 2.82. The predicted octanol–water partition coefficient (Wildman–Crippen LogP) is 0.764. The van der Waals surface area contributed by atoms with Crippen LogP contribution in [0.5, 0.6) is 11.5 Å². The topological polar surface area (TPSA) is 91.7 Å². The summed E-state index contributed by atoms with van der Waals surface area (Å²) in [6, 6.07) is 5.57. The molecule has 0 radical (unpaired) electrons. The fourth-order valence-corrected chi connectivity index (χ4v) is 5.41. The van der Waals surface area contributed by atoms with Crippen molar-refractivity contribution in [3.05, 3.63) is 30.0 Å². The summed E-state index contributed by atoms with van der Waals surface area (Å²) in [5, 5.41) is 19.9. The van der Waals surface area contributed by atoms with E-state index < -0.39 is 6.10 Å². The van der Waals surface area contributed by atoms with Crippen LogP contribution in [0.15, 0.2) is 24.5 Å². The number of piperazine rings is 1. The van der Waals surface area contributed by atoms with Crippen molar-refractivity contribution >= 4 is 11.4 Å². The van der Waals surface area contributed by atoms with E-state index in [0.717, 1.165) is 38.3 Å². The first-order chi connectivity index (χ1) is 15.6. The Labute approximate surface area is 188 Å². The molecule has 3 heterocycles. The quantitative estimate of drug-likeness (QED) is 0.688. The third kappa shape index (κ3) is 4.24. The number of hydrogen-bond donors (Lipinski definition) is 2. The van der Waals surface area contributed by atoms with Gasteiger partial charge in [0, 0.05) is 45.2 Å². The van der Waals surface area contributed by atoms with Gasteiger partial charge in [-0.1, -0.05) is 6.07 Å². The summed E-state index contributed by atoms with van der Waals surface area (Å²) in [4.78, 5) is 18.0. The van der Waals surface area contributed by atoms with E-state index in [1.54, 1.807) is 6.26 Å². The summed E-state index contributed by atoms with van der Waals surface area (Å²) in [6.07, 6.45) is 2.05. The molecular weight excluding hydrogens is 412 g/mol. The van der Waals surface area contributed by atoms with Gasteiger partial charge in [0.2, 0.25) is 0 Å². The average molecular weight is 445 g/mol. The van der Waals surface area contributed by atoms with Gasteiger partial charge in [-0.15, -0.1) is 0 Å². The van der Waals surface area contributed by atoms with E-state index in [9.17, 15) is 9.90 Å². The van der Waals surface area contributed by atoms with Crippen molar-refractivity contribution < 1.29 is 29.2 Å². The summed E-state index contributed by atoms with van der Waals surface area (Å²) in [5.41, 5.74) is 1.34. The minimum Gasteiger partial charge on any atom is -0.496 e. The molecule has 0 bridgehead atoms. The Kier molecular flexibility index (Phi) is 6.37. The lowest BCUT2D eigenvalue weighted by Crippen LogP contribution is -2.55. The number of aliphatic hydroxyl groups is 2. The van der Waals surface area contributed by atoms with Gasteiger partial charge in [-0.2, -0.15) is 0 Å². The molecule has 8 heteroatoms.